The number of hydrogen-bond donors (Lipinski definition) is 0. The average molecular weight is 338 g/mol. The van der Waals surface area contributed by atoms with Gasteiger partial charge in [-0.2, -0.15) is 0 Å². The van der Waals surface area contributed by atoms with E-state index >= 15 is 0 Å². The van der Waals surface area contributed by atoms with Crippen LogP contribution in [0.2, 0.25) is 0 Å². The van der Waals surface area contributed by atoms with Crippen LogP contribution in [0.4, 0.5) is 0 Å². The second-order valence-corrected chi connectivity index (χ2v) is 7.37. The van der Waals surface area contributed by atoms with E-state index < -0.39 is 23.8 Å². The van der Waals surface area contributed by atoms with Gasteiger partial charge in [0.25, 0.3) is 0 Å². The van der Waals surface area contributed by atoms with E-state index in [0.29, 0.717) is 17.7 Å². The Bertz CT molecular complexity index is 629. The number of hydrogen-bond acceptors (Lipinski definition) is 6. The number of carbonyl (C=O) groups excluding carboxylic acids is 3. The molecule has 0 radical (unpaired) electrons. The van der Waals surface area contributed by atoms with Crippen molar-refractivity contribution in [2.45, 2.75) is 51.3 Å². The number of nitrogens with zero attached hydrogens (tertiary/aromatic N) is 2. The van der Waals surface area contributed by atoms with Gasteiger partial charge in [0, 0.05) is 12.7 Å². The van der Waals surface area contributed by atoms with Crippen molar-refractivity contribution < 1.29 is 23.9 Å². The number of β-lactam (4-membered cyclic amide) rings is 1. The van der Waals surface area contributed by atoms with E-state index in [1.807, 2.05) is 0 Å². The first kappa shape index (κ1) is 17.3. The number of thioether (sulfide) groups is 1. The minimum Gasteiger partial charge on any atom is -0.455 e. The van der Waals surface area contributed by atoms with Crippen LogP contribution in [-0.2, 0) is 23.9 Å². The molecule has 2 atom stereocenters. The summed E-state index contributed by atoms with van der Waals surface area (Å²) in [6, 6.07) is 0. The first-order chi connectivity index (χ1) is 10.6. The van der Waals surface area contributed by atoms with Crippen LogP contribution in [0.3, 0.4) is 0 Å². The van der Waals surface area contributed by atoms with Crippen LogP contribution in [0.5, 0.6) is 0 Å². The fraction of sp³-hybridized carbons (Fsp3) is 0.600. The summed E-state index contributed by atoms with van der Waals surface area (Å²) in [5.41, 5.74) is -0.390. The van der Waals surface area contributed by atoms with Crippen molar-refractivity contribution in [2.24, 2.45) is 0 Å². The zero-order valence-electron chi connectivity index (χ0n) is 13.4. The smallest absolute Gasteiger partial charge is 0.395 e. The van der Waals surface area contributed by atoms with Gasteiger partial charge in [0.05, 0.1) is 17.4 Å². The number of carbonyl (C=O) groups is 3. The Morgan fingerprint density at radius 1 is 1.43 bits per heavy atom. The summed E-state index contributed by atoms with van der Waals surface area (Å²) in [4.78, 5) is 40.3. The monoisotopic (exact) mass is 338 g/mol. The lowest BCUT2D eigenvalue weighted by atomic mass is 10.1. The van der Waals surface area contributed by atoms with Crippen LogP contribution in [0.1, 0.15) is 34.1 Å². The molecule has 1 unspecified atom stereocenters. The van der Waals surface area contributed by atoms with Crippen LogP contribution in [0, 0.1) is 6.57 Å². The first-order valence-corrected chi connectivity index (χ1v) is 8.12. The van der Waals surface area contributed by atoms with Crippen LogP contribution < -0.4 is 0 Å². The molecule has 1 fully saturated rings. The van der Waals surface area contributed by atoms with Crippen molar-refractivity contribution in [3.8, 4) is 0 Å². The number of rotatable bonds is 3. The zero-order valence-corrected chi connectivity index (χ0v) is 14.2. The Morgan fingerprint density at radius 3 is 2.57 bits per heavy atom. The molecule has 7 nitrogen and oxygen atoms in total. The number of esters is 2. The van der Waals surface area contributed by atoms with Crippen molar-refractivity contribution in [3.63, 3.8) is 0 Å². The predicted octanol–water partition coefficient (Wildman–Crippen LogP) is 1.70. The molecule has 0 N–H and O–H groups in total. The van der Waals surface area contributed by atoms with Gasteiger partial charge < -0.3 is 9.47 Å². The lowest BCUT2D eigenvalue weighted by Gasteiger charge is -2.44. The molecule has 0 saturated carbocycles. The van der Waals surface area contributed by atoms with Gasteiger partial charge in [-0.1, -0.05) is 0 Å². The highest BCUT2D eigenvalue weighted by atomic mass is 32.2. The molecule has 0 aromatic rings. The molecule has 0 spiro atoms. The summed E-state index contributed by atoms with van der Waals surface area (Å²) in [6.07, 6.45) is -0.877. The van der Waals surface area contributed by atoms with Crippen molar-refractivity contribution in [2.75, 3.05) is 5.75 Å². The minimum absolute atomic E-state index is 0.0437. The normalized spacial score (nSPS) is 21.8. The third-order valence-corrected chi connectivity index (χ3v) is 4.41. The largest absolute Gasteiger partial charge is 0.455 e. The van der Waals surface area contributed by atoms with Gasteiger partial charge >= 0.3 is 18.2 Å². The first-order valence-electron chi connectivity index (χ1n) is 7.08. The maximum absolute atomic E-state index is 12.5. The summed E-state index contributed by atoms with van der Waals surface area (Å²) in [5, 5.41) is -0.127. The summed E-state index contributed by atoms with van der Waals surface area (Å²) in [7, 11) is 0. The molecule has 1 amide bonds. The molecule has 0 aromatic heterocycles. The maximum Gasteiger partial charge on any atom is 0.395 e. The van der Waals surface area contributed by atoms with Gasteiger partial charge in [0.2, 0.25) is 5.91 Å². The highest BCUT2D eigenvalue weighted by Crippen LogP contribution is 2.42. The second-order valence-electron chi connectivity index (χ2n) is 6.20. The molecule has 8 heteroatoms. The predicted molar refractivity (Wildman–Crippen MR) is 82.7 cm³/mol. The third-order valence-electron chi connectivity index (χ3n) is 3.17. The van der Waals surface area contributed by atoms with E-state index in [0.717, 1.165) is 0 Å². The Kier molecular flexibility index (Phi) is 4.71. The summed E-state index contributed by atoms with van der Waals surface area (Å²) in [6.45, 7) is 13.6. The molecule has 0 aliphatic carbocycles. The van der Waals surface area contributed by atoms with E-state index in [9.17, 15) is 14.4 Å². The molecule has 2 aliphatic rings. The topological polar surface area (TPSA) is 77.3 Å². The van der Waals surface area contributed by atoms with E-state index in [4.69, 9.17) is 16.0 Å². The van der Waals surface area contributed by atoms with Gasteiger partial charge in [-0.05, 0) is 20.8 Å². The quantitative estimate of drug-likeness (QED) is 0.443. The van der Waals surface area contributed by atoms with Crippen LogP contribution in [0.15, 0.2) is 11.3 Å². The molecular weight excluding hydrogens is 320 g/mol. The fourth-order valence-corrected chi connectivity index (χ4v) is 3.56. The van der Waals surface area contributed by atoms with Crippen molar-refractivity contribution >= 4 is 29.6 Å². The van der Waals surface area contributed by atoms with Crippen molar-refractivity contribution in [1.29, 1.82) is 0 Å². The standard InChI is InChI=1S/C15H18N2O5S/c1-8(18)21-13(16-5)9-7-23-11-6-10(19)17(11)12(9)14(20)22-15(2,3)4/h11,13H,6-7H2,1-4H3/t11-,13?/m1/s1. The molecule has 0 aromatic carbocycles. The van der Waals surface area contributed by atoms with Crippen LogP contribution in [-0.4, -0.2) is 45.7 Å². The van der Waals surface area contributed by atoms with Gasteiger partial charge in [0.1, 0.15) is 11.3 Å². The van der Waals surface area contributed by atoms with E-state index in [1.165, 1.54) is 23.6 Å². The Balaban J connectivity index is 2.43. The molecule has 2 aliphatic heterocycles. The SMILES string of the molecule is [C-]#[N+]C(OC(C)=O)C1=C(C(=O)OC(C)(C)C)N2C(=O)C[C@H]2SC1. The average Bonchev–Trinajstić information content (AvgIpc) is 2.40. The molecule has 2 rings (SSSR count). The highest BCUT2D eigenvalue weighted by molar-refractivity contribution is 8.00. The van der Waals surface area contributed by atoms with E-state index in [1.54, 1.807) is 20.8 Å². The van der Waals surface area contributed by atoms with Gasteiger partial charge in [-0.3, -0.25) is 19.3 Å². The molecule has 0 bridgehead atoms. The van der Waals surface area contributed by atoms with Gasteiger partial charge in [0.15, 0.2) is 0 Å². The summed E-state index contributed by atoms with van der Waals surface area (Å²) < 4.78 is 10.3. The van der Waals surface area contributed by atoms with E-state index in [2.05, 4.69) is 4.85 Å². The summed E-state index contributed by atoms with van der Waals surface area (Å²) >= 11 is 1.44. The fourth-order valence-electron chi connectivity index (χ4n) is 2.28. The van der Waals surface area contributed by atoms with Crippen molar-refractivity contribution in [1.82, 2.24) is 4.90 Å². The minimum atomic E-state index is -1.23. The zero-order chi connectivity index (χ0) is 17.4. The molecule has 2 heterocycles. The molecule has 23 heavy (non-hydrogen) atoms. The molecule has 124 valence electrons. The Morgan fingerprint density at radius 2 is 2.09 bits per heavy atom. The lowest BCUT2D eigenvalue weighted by Crippen LogP contribution is -2.55. The van der Waals surface area contributed by atoms with Gasteiger partial charge in [-0.15, -0.1) is 11.8 Å². The Hall–Kier alpha value is -2.01. The highest BCUT2D eigenvalue weighted by Gasteiger charge is 2.49. The van der Waals surface area contributed by atoms with Gasteiger partial charge in [-0.25, -0.2) is 11.4 Å². The third kappa shape index (κ3) is 3.67. The van der Waals surface area contributed by atoms with Crippen molar-refractivity contribution in [3.05, 3.63) is 22.7 Å². The van der Waals surface area contributed by atoms with Crippen LogP contribution >= 0.6 is 11.8 Å². The summed E-state index contributed by atoms with van der Waals surface area (Å²) in [5.74, 6) is -1.16. The number of amides is 1. The lowest BCUT2D eigenvalue weighted by molar-refractivity contribution is -0.157. The van der Waals surface area contributed by atoms with E-state index in [-0.39, 0.29) is 17.0 Å². The number of ether oxygens (including phenoxy) is 2. The maximum atomic E-state index is 12.5. The Labute approximate surface area is 138 Å². The second kappa shape index (κ2) is 6.24. The van der Waals surface area contributed by atoms with Crippen LogP contribution in [0.25, 0.3) is 4.85 Å². The molecular formula is C15H18N2O5S. The number of fused-ring (bicyclic) bond motifs is 1. The molecule has 1 saturated heterocycles.